The predicted octanol–water partition coefficient (Wildman–Crippen LogP) is 3.60. The molecule has 3 rings (SSSR count). The first-order valence-corrected chi connectivity index (χ1v) is 6.81. The lowest BCUT2D eigenvalue weighted by molar-refractivity contribution is 0.102. The standard InChI is InChI=1S/C18H13N3O/c19-13-14-5-3-6-15(11-14)18(22)20-16-7-4-8-17(12-16)21-9-1-2-10-21/h1-12H,(H,20,22). The minimum absolute atomic E-state index is 0.234. The number of benzene rings is 2. The molecular formula is C18H13N3O. The Labute approximate surface area is 128 Å². The molecule has 0 spiro atoms. The first-order chi connectivity index (χ1) is 10.8. The Balaban J connectivity index is 1.82. The van der Waals surface area contributed by atoms with Gasteiger partial charge in [-0.25, -0.2) is 0 Å². The smallest absolute Gasteiger partial charge is 0.255 e. The molecule has 106 valence electrons. The van der Waals surface area contributed by atoms with E-state index in [4.69, 9.17) is 5.26 Å². The van der Waals surface area contributed by atoms with Crippen molar-refractivity contribution in [2.24, 2.45) is 0 Å². The molecule has 0 atom stereocenters. The molecule has 4 nitrogen and oxygen atoms in total. The predicted molar refractivity (Wildman–Crippen MR) is 84.9 cm³/mol. The van der Waals surface area contributed by atoms with Gasteiger partial charge in [0.15, 0.2) is 0 Å². The van der Waals surface area contributed by atoms with Crippen LogP contribution in [0.25, 0.3) is 5.69 Å². The van der Waals surface area contributed by atoms with E-state index in [9.17, 15) is 4.79 Å². The van der Waals surface area contributed by atoms with E-state index in [1.54, 1.807) is 24.3 Å². The van der Waals surface area contributed by atoms with Crippen molar-refractivity contribution in [3.05, 3.63) is 84.2 Å². The third kappa shape index (κ3) is 2.89. The molecule has 1 amide bonds. The number of carbonyl (C=O) groups excluding carboxylic acids is 1. The summed E-state index contributed by atoms with van der Waals surface area (Å²) in [6.07, 6.45) is 3.88. The number of anilines is 1. The SMILES string of the molecule is N#Cc1cccc(C(=O)Nc2cccc(-n3cccc3)c2)c1. The van der Waals surface area contributed by atoms with Crippen LogP contribution in [0.2, 0.25) is 0 Å². The Hall–Kier alpha value is -3.32. The van der Waals surface area contributed by atoms with Gasteiger partial charge in [0.1, 0.15) is 0 Å². The molecular weight excluding hydrogens is 274 g/mol. The first kappa shape index (κ1) is 13.7. The zero-order valence-electron chi connectivity index (χ0n) is 11.7. The average molecular weight is 287 g/mol. The van der Waals surface area contributed by atoms with Crippen molar-refractivity contribution >= 4 is 11.6 Å². The van der Waals surface area contributed by atoms with Crippen molar-refractivity contribution < 1.29 is 4.79 Å². The second-order valence-corrected chi connectivity index (χ2v) is 4.79. The van der Waals surface area contributed by atoms with E-state index in [1.807, 2.05) is 59.4 Å². The van der Waals surface area contributed by atoms with Crippen LogP contribution in [-0.2, 0) is 0 Å². The summed E-state index contributed by atoms with van der Waals surface area (Å²) in [5, 5.41) is 11.7. The van der Waals surface area contributed by atoms with Crippen molar-refractivity contribution in [1.29, 1.82) is 5.26 Å². The highest BCUT2D eigenvalue weighted by Gasteiger charge is 2.07. The maximum atomic E-state index is 12.3. The maximum Gasteiger partial charge on any atom is 0.255 e. The molecule has 1 N–H and O–H groups in total. The van der Waals surface area contributed by atoms with Gasteiger partial charge in [0.05, 0.1) is 11.6 Å². The summed E-state index contributed by atoms with van der Waals surface area (Å²) in [6, 6.07) is 20.1. The van der Waals surface area contributed by atoms with Crippen LogP contribution in [0, 0.1) is 11.3 Å². The van der Waals surface area contributed by atoms with Crippen LogP contribution < -0.4 is 5.32 Å². The molecule has 0 bridgehead atoms. The largest absolute Gasteiger partial charge is 0.324 e. The highest BCUT2D eigenvalue weighted by atomic mass is 16.1. The molecule has 0 saturated heterocycles. The van der Waals surface area contributed by atoms with Crippen molar-refractivity contribution in [3.8, 4) is 11.8 Å². The van der Waals surface area contributed by atoms with Gasteiger partial charge in [-0.2, -0.15) is 5.26 Å². The number of nitriles is 1. The van der Waals surface area contributed by atoms with Gasteiger partial charge in [-0.1, -0.05) is 12.1 Å². The number of amides is 1. The minimum Gasteiger partial charge on any atom is -0.324 e. The molecule has 22 heavy (non-hydrogen) atoms. The monoisotopic (exact) mass is 287 g/mol. The van der Waals surface area contributed by atoms with Crippen molar-refractivity contribution in [2.45, 2.75) is 0 Å². The van der Waals surface area contributed by atoms with Crippen LogP contribution in [0.4, 0.5) is 5.69 Å². The highest BCUT2D eigenvalue weighted by Crippen LogP contribution is 2.16. The number of hydrogen-bond acceptors (Lipinski definition) is 2. The lowest BCUT2D eigenvalue weighted by atomic mass is 10.1. The van der Waals surface area contributed by atoms with Crippen LogP contribution in [0.1, 0.15) is 15.9 Å². The minimum atomic E-state index is -0.234. The normalized spacial score (nSPS) is 9.95. The first-order valence-electron chi connectivity index (χ1n) is 6.81. The molecule has 3 aromatic rings. The lowest BCUT2D eigenvalue weighted by Gasteiger charge is -2.08. The van der Waals surface area contributed by atoms with E-state index < -0.39 is 0 Å². The average Bonchev–Trinajstić information content (AvgIpc) is 3.10. The Morgan fingerprint density at radius 3 is 2.55 bits per heavy atom. The van der Waals surface area contributed by atoms with E-state index in [0.29, 0.717) is 16.8 Å². The molecule has 1 heterocycles. The summed E-state index contributed by atoms with van der Waals surface area (Å²) in [6.45, 7) is 0. The molecule has 1 aromatic heterocycles. The summed E-state index contributed by atoms with van der Waals surface area (Å²) in [7, 11) is 0. The second-order valence-electron chi connectivity index (χ2n) is 4.79. The van der Waals surface area contributed by atoms with Crippen LogP contribution in [0.5, 0.6) is 0 Å². The summed E-state index contributed by atoms with van der Waals surface area (Å²) < 4.78 is 1.96. The number of aromatic nitrogens is 1. The zero-order valence-corrected chi connectivity index (χ0v) is 11.7. The fourth-order valence-corrected chi connectivity index (χ4v) is 2.18. The fourth-order valence-electron chi connectivity index (χ4n) is 2.18. The molecule has 0 radical (unpaired) electrons. The number of carbonyl (C=O) groups is 1. The van der Waals surface area contributed by atoms with E-state index in [2.05, 4.69) is 5.32 Å². The highest BCUT2D eigenvalue weighted by molar-refractivity contribution is 6.04. The van der Waals surface area contributed by atoms with Gasteiger partial charge >= 0.3 is 0 Å². The zero-order chi connectivity index (χ0) is 15.4. The van der Waals surface area contributed by atoms with E-state index in [0.717, 1.165) is 5.69 Å². The third-order valence-electron chi connectivity index (χ3n) is 3.26. The van der Waals surface area contributed by atoms with Crippen LogP contribution in [0.3, 0.4) is 0 Å². The number of hydrogen-bond donors (Lipinski definition) is 1. The van der Waals surface area contributed by atoms with Crippen LogP contribution in [-0.4, -0.2) is 10.5 Å². The molecule has 0 aliphatic carbocycles. The van der Waals surface area contributed by atoms with Gasteiger partial charge in [0, 0.05) is 29.3 Å². The summed E-state index contributed by atoms with van der Waals surface area (Å²) >= 11 is 0. The number of nitrogens with one attached hydrogen (secondary N) is 1. The summed E-state index contributed by atoms with van der Waals surface area (Å²) in [4.78, 5) is 12.3. The lowest BCUT2D eigenvalue weighted by Crippen LogP contribution is -2.12. The van der Waals surface area contributed by atoms with Gasteiger partial charge < -0.3 is 9.88 Å². The molecule has 0 saturated carbocycles. The van der Waals surface area contributed by atoms with Crippen molar-refractivity contribution in [2.75, 3.05) is 5.32 Å². The van der Waals surface area contributed by atoms with Crippen molar-refractivity contribution in [1.82, 2.24) is 4.57 Å². The fraction of sp³-hybridized carbons (Fsp3) is 0. The van der Waals surface area contributed by atoms with Crippen molar-refractivity contribution in [3.63, 3.8) is 0 Å². The molecule has 0 aliphatic heterocycles. The molecule has 0 fully saturated rings. The quantitative estimate of drug-likeness (QED) is 0.800. The number of rotatable bonds is 3. The van der Waals surface area contributed by atoms with E-state index >= 15 is 0 Å². The van der Waals surface area contributed by atoms with E-state index in [1.165, 1.54) is 0 Å². The van der Waals surface area contributed by atoms with Gasteiger partial charge in [0.2, 0.25) is 0 Å². The Kier molecular flexibility index (Phi) is 3.71. The third-order valence-corrected chi connectivity index (χ3v) is 3.26. The molecule has 2 aromatic carbocycles. The molecule has 0 aliphatic rings. The van der Waals surface area contributed by atoms with Crippen LogP contribution >= 0.6 is 0 Å². The Morgan fingerprint density at radius 2 is 1.77 bits per heavy atom. The maximum absolute atomic E-state index is 12.3. The Morgan fingerprint density at radius 1 is 1.00 bits per heavy atom. The topological polar surface area (TPSA) is 57.8 Å². The van der Waals surface area contributed by atoms with Gasteiger partial charge in [0.25, 0.3) is 5.91 Å². The number of nitrogens with zero attached hydrogens (tertiary/aromatic N) is 2. The van der Waals surface area contributed by atoms with Crippen LogP contribution in [0.15, 0.2) is 73.1 Å². The molecule has 4 heteroatoms. The van der Waals surface area contributed by atoms with Gasteiger partial charge in [-0.15, -0.1) is 0 Å². The van der Waals surface area contributed by atoms with Gasteiger partial charge in [-0.3, -0.25) is 4.79 Å². The summed E-state index contributed by atoms with van der Waals surface area (Å²) in [5.41, 5.74) is 2.60. The van der Waals surface area contributed by atoms with E-state index in [-0.39, 0.29) is 5.91 Å². The molecule has 0 unspecified atom stereocenters. The van der Waals surface area contributed by atoms with Gasteiger partial charge in [-0.05, 0) is 48.5 Å². The summed E-state index contributed by atoms with van der Waals surface area (Å²) in [5.74, 6) is -0.234. The second kappa shape index (κ2) is 5.98. The Bertz CT molecular complexity index is 845.